The highest BCUT2D eigenvalue weighted by Crippen LogP contribution is 2.33. The number of nitrogens with two attached hydrogens (primary N) is 1. The molecule has 21 heavy (non-hydrogen) atoms. The molecule has 4 rings (SSSR count). The number of anilines is 1. The molecule has 0 bridgehead atoms. The summed E-state index contributed by atoms with van der Waals surface area (Å²) < 4.78 is 1.90. The van der Waals surface area contributed by atoms with Gasteiger partial charge in [0.25, 0.3) is 0 Å². The van der Waals surface area contributed by atoms with Gasteiger partial charge in [-0.05, 0) is 25.0 Å². The normalized spacial score (nSPS) is 16.6. The van der Waals surface area contributed by atoms with Gasteiger partial charge in [0, 0.05) is 5.92 Å². The molecule has 3 aromatic heterocycles. The van der Waals surface area contributed by atoms with Crippen molar-refractivity contribution in [2.75, 3.05) is 5.73 Å². The lowest BCUT2D eigenvalue weighted by Crippen LogP contribution is -2.09. The summed E-state index contributed by atoms with van der Waals surface area (Å²) in [5.41, 5.74) is 7.16. The van der Waals surface area contributed by atoms with E-state index >= 15 is 0 Å². The van der Waals surface area contributed by atoms with Gasteiger partial charge in [0.1, 0.15) is 5.69 Å². The Morgan fingerprint density at radius 1 is 1.14 bits per heavy atom. The van der Waals surface area contributed by atoms with Crippen LogP contribution in [-0.2, 0) is 0 Å². The lowest BCUT2D eigenvalue weighted by atomic mass is 9.89. The van der Waals surface area contributed by atoms with Crippen LogP contribution in [0.4, 0.5) is 5.69 Å². The van der Waals surface area contributed by atoms with Gasteiger partial charge in [0.2, 0.25) is 4.96 Å². The Kier molecular flexibility index (Phi) is 3.07. The van der Waals surface area contributed by atoms with Crippen LogP contribution in [0.15, 0.2) is 18.3 Å². The van der Waals surface area contributed by atoms with E-state index in [0.717, 1.165) is 21.5 Å². The standard InChI is InChI=1S/C14H16N6S/c15-10-6-7-11(16-8-10)13-19-20-12(17-18-14(20)21-13)9-4-2-1-3-5-9/h6-9H,1-5,15H2. The van der Waals surface area contributed by atoms with E-state index in [1.165, 1.54) is 43.4 Å². The number of nitrogen functional groups attached to an aromatic ring is 1. The molecule has 3 heterocycles. The summed E-state index contributed by atoms with van der Waals surface area (Å²) in [7, 11) is 0. The molecule has 0 unspecified atom stereocenters. The number of fused-ring (bicyclic) bond motifs is 1. The van der Waals surface area contributed by atoms with E-state index in [1.54, 1.807) is 6.20 Å². The van der Waals surface area contributed by atoms with Crippen LogP contribution in [0.2, 0.25) is 0 Å². The number of hydrogen-bond donors (Lipinski definition) is 1. The number of rotatable bonds is 2. The molecular weight excluding hydrogens is 284 g/mol. The molecule has 0 aromatic carbocycles. The van der Waals surface area contributed by atoms with Crippen LogP contribution < -0.4 is 5.73 Å². The molecule has 2 N–H and O–H groups in total. The highest BCUT2D eigenvalue weighted by Gasteiger charge is 2.23. The van der Waals surface area contributed by atoms with Crippen LogP contribution in [0, 0.1) is 0 Å². The van der Waals surface area contributed by atoms with Crippen LogP contribution >= 0.6 is 11.3 Å². The zero-order valence-electron chi connectivity index (χ0n) is 11.6. The highest BCUT2D eigenvalue weighted by molar-refractivity contribution is 7.19. The maximum Gasteiger partial charge on any atom is 0.235 e. The predicted octanol–water partition coefficient (Wildman–Crippen LogP) is 2.88. The molecule has 0 saturated heterocycles. The van der Waals surface area contributed by atoms with Crippen LogP contribution in [0.3, 0.4) is 0 Å². The van der Waals surface area contributed by atoms with Crippen molar-refractivity contribution in [2.24, 2.45) is 0 Å². The third kappa shape index (κ3) is 2.27. The van der Waals surface area contributed by atoms with Crippen molar-refractivity contribution in [1.29, 1.82) is 0 Å². The van der Waals surface area contributed by atoms with Gasteiger partial charge in [0.15, 0.2) is 10.8 Å². The number of pyridine rings is 1. The molecule has 0 spiro atoms. The van der Waals surface area contributed by atoms with Crippen LogP contribution in [0.25, 0.3) is 15.7 Å². The summed E-state index contributed by atoms with van der Waals surface area (Å²) in [6.45, 7) is 0. The van der Waals surface area contributed by atoms with Crippen molar-refractivity contribution in [1.82, 2.24) is 24.8 Å². The topological polar surface area (TPSA) is 82.0 Å². The van der Waals surface area contributed by atoms with Gasteiger partial charge in [-0.2, -0.15) is 9.61 Å². The van der Waals surface area contributed by atoms with Crippen LogP contribution in [0.1, 0.15) is 43.8 Å². The lowest BCUT2D eigenvalue weighted by Gasteiger charge is -2.18. The van der Waals surface area contributed by atoms with Crippen LogP contribution in [0.5, 0.6) is 0 Å². The SMILES string of the molecule is Nc1ccc(-c2nn3c(C4CCCCC4)nnc3s2)nc1. The summed E-state index contributed by atoms with van der Waals surface area (Å²) in [5.74, 6) is 1.49. The Balaban J connectivity index is 1.73. The van der Waals surface area contributed by atoms with Crippen LogP contribution in [-0.4, -0.2) is 24.8 Å². The zero-order valence-corrected chi connectivity index (χ0v) is 12.4. The average Bonchev–Trinajstić information content (AvgIpc) is 3.09. The van der Waals surface area contributed by atoms with Gasteiger partial charge >= 0.3 is 0 Å². The third-order valence-corrected chi connectivity index (χ3v) is 4.91. The van der Waals surface area contributed by atoms with E-state index in [2.05, 4.69) is 20.3 Å². The first-order chi connectivity index (χ1) is 10.3. The van der Waals surface area contributed by atoms with Gasteiger partial charge in [-0.25, -0.2) is 0 Å². The van der Waals surface area contributed by atoms with Crippen molar-refractivity contribution in [3.05, 3.63) is 24.2 Å². The second kappa shape index (κ2) is 5.07. The molecule has 1 aliphatic rings. The molecule has 0 aliphatic heterocycles. The van der Waals surface area contributed by atoms with Gasteiger partial charge in [0.05, 0.1) is 11.9 Å². The van der Waals surface area contributed by atoms with E-state index in [4.69, 9.17) is 5.73 Å². The Morgan fingerprint density at radius 3 is 2.76 bits per heavy atom. The Labute approximate surface area is 126 Å². The largest absolute Gasteiger partial charge is 0.397 e. The quantitative estimate of drug-likeness (QED) is 0.787. The molecule has 1 aliphatic carbocycles. The molecule has 1 saturated carbocycles. The van der Waals surface area contributed by atoms with Crippen molar-refractivity contribution < 1.29 is 0 Å². The summed E-state index contributed by atoms with van der Waals surface area (Å²) in [6.07, 6.45) is 7.91. The Hall–Kier alpha value is -2.02. The molecule has 0 radical (unpaired) electrons. The zero-order chi connectivity index (χ0) is 14.2. The highest BCUT2D eigenvalue weighted by atomic mass is 32.1. The number of nitrogens with zero attached hydrogens (tertiary/aromatic N) is 5. The molecule has 6 nitrogen and oxygen atoms in total. The third-order valence-electron chi connectivity index (χ3n) is 3.99. The van der Waals surface area contributed by atoms with Crippen molar-refractivity contribution >= 4 is 22.0 Å². The fourth-order valence-corrected chi connectivity index (χ4v) is 3.71. The summed E-state index contributed by atoms with van der Waals surface area (Å²) in [5, 5.41) is 14.1. The number of aromatic nitrogens is 5. The second-order valence-corrected chi connectivity index (χ2v) is 6.43. The monoisotopic (exact) mass is 300 g/mol. The van der Waals surface area contributed by atoms with Crippen molar-refractivity contribution in [3.63, 3.8) is 0 Å². The van der Waals surface area contributed by atoms with Gasteiger partial charge in [-0.3, -0.25) is 4.98 Å². The summed E-state index contributed by atoms with van der Waals surface area (Å²) >= 11 is 1.52. The molecule has 7 heteroatoms. The minimum atomic E-state index is 0.489. The average molecular weight is 300 g/mol. The van der Waals surface area contributed by atoms with E-state index in [-0.39, 0.29) is 0 Å². The lowest BCUT2D eigenvalue weighted by molar-refractivity contribution is 0.423. The van der Waals surface area contributed by atoms with E-state index in [1.807, 2.05) is 16.6 Å². The van der Waals surface area contributed by atoms with E-state index < -0.39 is 0 Å². The first-order valence-corrected chi connectivity index (χ1v) is 8.07. The van der Waals surface area contributed by atoms with Gasteiger partial charge in [-0.15, -0.1) is 10.2 Å². The second-order valence-electron chi connectivity index (χ2n) is 5.47. The van der Waals surface area contributed by atoms with E-state index in [0.29, 0.717) is 11.6 Å². The van der Waals surface area contributed by atoms with Gasteiger partial charge in [-0.1, -0.05) is 30.6 Å². The summed E-state index contributed by atoms with van der Waals surface area (Å²) in [6, 6.07) is 3.73. The minimum absolute atomic E-state index is 0.489. The fraction of sp³-hybridized carbons (Fsp3) is 0.429. The molecular formula is C14H16N6S. The van der Waals surface area contributed by atoms with Crippen molar-refractivity contribution in [2.45, 2.75) is 38.0 Å². The smallest absolute Gasteiger partial charge is 0.235 e. The van der Waals surface area contributed by atoms with E-state index in [9.17, 15) is 0 Å². The van der Waals surface area contributed by atoms with Crippen molar-refractivity contribution in [3.8, 4) is 10.7 Å². The Morgan fingerprint density at radius 2 is 2.00 bits per heavy atom. The molecule has 3 aromatic rings. The Bertz CT molecular complexity index is 753. The maximum atomic E-state index is 5.67. The molecule has 108 valence electrons. The minimum Gasteiger partial charge on any atom is -0.397 e. The summed E-state index contributed by atoms with van der Waals surface area (Å²) in [4.78, 5) is 5.16. The van der Waals surface area contributed by atoms with Gasteiger partial charge < -0.3 is 5.73 Å². The fourth-order valence-electron chi connectivity index (χ4n) is 2.88. The number of hydrogen-bond acceptors (Lipinski definition) is 6. The first kappa shape index (κ1) is 12.7. The first-order valence-electron chi connectivity index (χ1n) is 7.25. The molecule has 0 atom stereocenters. The maximum absolute atomic E-state index is 5.67. The molecule has 0 amide bonds. The predicted molar refractivity (Wildman–Crippen MR) is 82.1 cm³/mol. The molecule has 1 fully saturated rings.